The molecular weight excluding hydrogens is 315 g/mol. The number of carbonyl (C=O) groups is 1. The maximum atomic E-state index is 11.8. The number of rotatable bonds is 4. The lowest BCUT2D eigenvalue weighted by atomic mass is 10.2. The molecule has 1 aromatic carbocycles. The first-order chi connectivity index (χ1) is 10.2. The van der Waals surface area contributed by atoms with Crippen molar-refractivity contribution in [3.8, 4) is 0 Å². The third kappa shape index (κ3) is 3.94. The lowest BCUT2D eigenvalue weighted by Gasteiger charge is -2.36. The summed E-state index contributed by atoms with van der Waals surface area (Å²) in [6.07, 6.45) is 0. The van der Waals surface area contributed by atoms with Crippen LogP contribution in [0.2, 0.25) is 19.6 Å². The van der Waals surface area contributed by atoms with Gasteiger partial charge in [0.15, 0.2) is 15.7 Å². The van der Waals surface area contributed by atoms with Crippen molar-refractivity contribution in [3.63, 3.8) is 0 Å². The highest BCUT2D eigenvalue weighted by Crippen LogP contribution is 2.68. The Hall–Kier alpha value is -0.783. The molecule has 1 heterocycles. The maximum Gasteiger partial charge on any atom is 0.244 e. The van der Waals surface area contributed by atoms with Gasteiger partial charge in [0.25, 0.3) is 0 Å². The summed E-state index contributed by atoms with van der Waals surface area (Å²) in [5, 5.41) is 0. The summed E-state index contributed by atoms with van der Waals surface area (Å²) < 4.78 is 19.0. The van der Waals surface area contributed by atoms with Crippen LogP contribution in [0.3, 0.4) is 0 Å². The Morgan fingerprint density at radius 2 is 2.00 bits per heavy atom. The minimum atomic E-state index is -2.50. The SMILES string of the molecule is CC(=O)N=P1(C(O[Si](C)(C)C)c2ccccc2)OCCN1C. The maximum absolute atomic E-state index is 11.8. The quantitative estimate of drug-likeness (QED) is 0.612. The Morgan fingerprint density at radius 3 is 2.45 bits per heavy atom. The van der Waals surface area contributed by atoms with Gasteiger partial charge in [0.05, 0.1) is 6.61 Å². The lowest BCUT2D eigenvalue weighted by molar-refractivity contribution is -0.115. The molecule has 1 aliphatic rings. The van der Waals surface area contributed by atoms with Crippen molar-refractivity contribution in [1.29, 1.82) is 0 Å². The summed E-state index contributed by atoms with van der Waals surface area (Å²) >= 11 is 0. The third-order valence-electron chi connectivity index (χ3n) is 3.32. The molecule has 22 heavy (non-hydrogen) atoms. The third-order valence-corrected chi connectivity index (χ3v) is 7.79. The van der Waals surface area contributed by atoms with E-state index in [2.05, 4.69) is 29.1 Å². The van der Waals surface area contributed by atoms with Crippen molar-refractivity contribution < 1.29 is 13.7 Å². The van der Waals surface area contributed by atoms with E-state index in [9.17, 15) is 4.79 Å². The number of carbonyl (C=O) groups excluding carboxylic acids is 1. The van der Waals surface area contributed by atoms with Gasteiger partial charge in [0.1, 0.15) is 5.85 Å². The van der Waals surface area contributed by atoms with E-state index in [0.717, 1.165) is 12.1 Å². The molecule has 0 N–H and O–H groups in total. The zero-order valence-electron chi connectivity index (χ0n) is 13.9. The van der Waals surface area contributed by atoms with Crippen LogP contribution in [-0.2, 0) is 13.7 Å². The molecule has 0 saturated carbocycles. The van der Waals surface area contributed by atoms with Crippen LogP contribution in [-0.4, -0.2) is 39.1 Å². The predicted octanol–water partition coefficient (Wildman–Crippen LogP) is 4.08. The van der Waals surface area contributed by atoms with Gasteiger partial charge in [-0.15, -0.1) is 0 Å². The molecule has 2 unspecified atom stereocenters. The standard InChI is InChI=1S/C15H25N2O3PSi/c1-13(18)16-21(17(2)11-12-19-21)15(20-22(3,4)5)14-9-7-6-8-10-14/h6-10,15H,11-12H2,1-5H3. The van der Waals surface area contributed by atoms with Crippen molar-refractivity contribution in [2.24, 2.45) is 4.74 Å². The first-order valence-electron chi connectivity index (χ1n) is 7.46. The highest BCUT2D eigenvalue weighted by atomic mass is 31.2. The van der Waals surface area contributed by atoms with Crippen molar-refractivity contribution in [1.82, 2.24) is 4.67 Å². The van der Waals surface area contributed by atoms with Crippen LogP contribution in [0.5, 0.6) is 0 Å². The summed E-state index contributed by atoms with van der Waals surface area (Å²) in [5.74, 6) is -0.515. The van der Waals surface area contributed by atoms with E-state index in [-0.39, 0.29) is 11.8 Å². The largest absolute Gasteiger partial charge is 0.402 e. The molecule has 0 radical (unpaired) electrons. The molecule has 1 aromatic rings. The van der Waals surface area contributed by atoms with Crippen molar-refractivity contribution >= 4 is 21.7 Å². The molecule has 2 rings (SSSR count). The topological polar surface area (TPSA) is 51.1 Å². The second-order valence-electron chi connectivity index (χ2n) is 6.42. The molecule has 0 aliphatic carbocycles. The normalized spacial score (nSPS) is 24.2. The molecule has 1 amide bonds. The molecule has 122 valence electrons. The van der Waals surface area contributed by atoms with Gasteiger partial charge in [-0.1, -0.05) is 30.3 Å². The second kappa shape index (κ2) is 6.77. The Labute approximate surface area is 133 Å². The molecule has 1 saturated heterocycles. The molecule has 1 aliphatic heterocycles. The Kier molecular flexibility index (Phi) is 5.40. The van der Waals surface area contributed by atoms with E-state index in [1.54, 1.807) is 0 Å². The molecule has 2 atom stereocenters. The van der Waals surface area contributed by atoms with Gasteiger partial charge in [-0.2, -0.15) is 4.74 Å². The van der Waals surface area contributed by atoms with E-state index in [0.29, 0.717) is 6.61 Å². The average Bonchev–Trinajstić information content (AvgIpc) is 2.77. The number of nitrogens with zero attached hydrogens (tertiary/aromatic N) is 2. The minimum absolute atomic E-state index is 0.206. The van der Waals surface area contributed by atoms with Gasteiger partial charge >= 0.3 is 0 Å². The highest BCUT2D eigenvalue weighted by Gasteiger charge is 2.44. The van der Waals surface area contributed by atoms with Gasteiger partial charge < -0.3 is 8.95 Å². The van der Waals surface area contributed by atoms with E-state index in [1.807, 2.05) is 37.4 Å². The van der Waals surface area contributed by atoms with Gasteiger partial charge in [0.2, 0.25) is 5.91 Å². The van der Waals surface area contributed by atoms with Gasteiger partial charge in [-0.25, -0.2) is 4.67 Å². The summed E-state index contributed by atoms with van der Waals surface area (Å²) in [5.41, 5.74) is 1.03. The molecule has 0 spiro atoms. The number of hydrogen-bond donors (Lipinski definition) is 0. The molecule has 0 bridgehead atoms. The van der Waals surface area contributed by atoms with Crippen molar-refractivity contribution in [2.45, 2.75) is 32.4 Å². The fraction of sp³-hybridized carbons (Fsp3) is 0.533. The van der Waals surface area contributed by atoms with Crippen LogP contribution < -0.4 is 0 Å². The number of hydrogen-bond acceptors (Lipinski definition) is 3. The van der Waals surface area contributed by atoms with Crippen molar-refractivity contribution in [2.75, 3.05) is 20.2 Å². The fourth-order valence-electron chi connectivity index (χ4n) is 2.44. The highest BCUT2D eigenvalue weighted by molar-refractivity contribution is 7.60. The Balaban J connectivity index is 2.57. The van der Waals surface area contributed by atoms with E-state index >= 15 is 0 Å². The zero-order chi connectivity index (χ0) is 16.4. The Morgan fingerprint density at radius 1 is 1.36 bits per heavy atom. The summed E-state index contributed by atoms with van der Waals surface area (Å²) in [6.45, 7) is 9.26. The van der Waals surface area contributed by atoms with Crippen LogP contribution in [0.15, 0.2) is 35.1 Å². The summed E-state index contributed by atoms with van der Waals surface area (Å²) in [4.78, 5) is 11.8. The second-order valence-corrected chi connectivity index (χ2v) is 13.7. The van der Waals surface area contributed by atoms with Crippen LogP contribution in [0, 0.1) is 0 Å². The molecular formula is C15H25N2O3PSi. The average molecular weight is 340 g/mol. The first kappa shape index (κ1) is 17.6. The molecule has 0 aromatic heterocycles. The van der Waals surface area contributed by atoms with Gasteiger partial charge in [0, 0.05) is 13.5 Å². The first-order valence-corrected chi connectivity index (χ1v) is 12.5. The fourth-order valence-corrected chi connectivity index (χ4v) is 7.43. The molecule has 5 nitrogen and oxygen atoms in total. The van der Waals surface area contributed by atoms with E-state index in [1.165, 1.54) is 6.92 Å². The van der Waals surface area contributed by atoms with Gasteiger partial charge in [-0.05, 0) is 32.3 Å². The van der Waals surface area contributed by atoms with Crippen molar-refractivity contribution in [3.05, 3.63) is 35.9 Å². The predicted molar refractivity (Wildman–Crippen MR) is 92.2 cm³/mol. The van der Waals surface area contributed by atoms with E-state index < -0.39 is 15.7 Å². The monoisotopic (exact) mass is 340 g/mol. The molecule has 1 fully saturated rings. The van der Waals surface area contributed by atoms with Crippen LogP contribution in [0.4, 0.5) is 0 Å². The Bertz CT molecular complexity index is 586. The summed E-state index contributed by atoms with van der Waals surface area (Å²) in [6, 6.07) is 9.99. The molecule has 7 heteroatoms. The van der Waals surface area contributed by atoms with Crippen LogP contribution >= 0.6 is 7.43 Å². The smallest absolute Gasteiger partial charge is 0.244 e. The van der Waals surface area contributed by atoms with Gasteiger partial charge in [-0.3, -0.25) is 4.79 Å². The minimum Gasteiger partial charge on any atom is -0.402 e. The summed E-state index contributed by atoms with van der Waals surface area (Å²) in [7, 11) is -2.38. The lowest BCUT2D eigenvalue weighted by Crippen LogP contribution is -2.30. The van der Waals surface area contributed by atoms with Crippen LogP contribution in [0.25, 0.3) is 0 Å². The zero-order valence-corrected chi connectivity index (χ0v) is 15.8. The van der Waals surface area contributed by atoms with Crippen LogP contribution in [0.1, 0.15) is 18.3 Å². The number of likely N-dealkylation sites (N-methyl/N-ethyl adjacent to an activating group) is 1. The van der Waals surface area contributed by atoms with E-state index in [4.69, 9.17) is 8.95 Å². The number of amides is 1. The number of benzene rings is 1.